The lowest BCUT2D eigenvalue weighted by Gasteiger charge is -2.10. The number of hydrogen-bond acceptors (Lipinski definition) is 3. The molecule has 0 radical (unpaired) electrons. The van der Waals surface area contributed by atoms with Gasteiger partial charge in [0.05, 0.1) is 11.9 Å². The summed E-state index contributed by atoms with van der Waals surface area (Å²) in [6, 6.07) is 9.68. The van der Waals surface area contributed by atoms with Crippen molar-refractivity contribution in [3.63, 3.8) is 0 Å². The van der Waals surface area contributed by atoms with Crippen molar-refractivity contribution in [3.05, 3.63) is 57.8 Å². The van der Waals surface area contributed by atoms with Crippen LogP contribution in [0.1, 0.15) is 25.1 Å². The molecule has 0 aliphatic rings. The van der Waals surface area contributed by atoms with Crippen LogP contribution in [-0.2, 0) is 13.2 Å². The number of hydrogen-bond donors (Lipinski definition) is 1. The summed E-state index contributed by atoms with van der Waals surface area (Å²) in [4.78, 5) is 4.35. The van der Waals surface area contributed by atoms with E-state index in [1.54, 1.807) is 18.3 Å². The predicted octanol–water partition coefficient (Wildman–Crippen LogP) is 4.47. The Morgan fingerprint density at radius 1 is 1.14 bits per heavy atom. The van der Waals surface area contributed by atoms with Crippen LogP contribution in [0.5, 0.6) is 5.75 Å². The summed E-state index contributed by atoms with van der Waals surface area (Å²) in [5.41, 5.74) is 1.76. The van der Waals surface area contributed by atoms with E-state index in [0.29, 0.717) is 28.4 Å². The van der Waals surface area contributed by atoms with Crippen LogP contribution < -0.4 is 10.1 Å². The van der Waals surface area contributed by atoms with Crippen molar-refractivity contribution < 1.29 is 4.74 Å². The third-order valence-electron chi connectivity index (χ3n) is 2.93. The first-order valence-corrected chi connectivity index (χ1v) is 7.56. The Hall–Kier alpha value is -1.29. The van der Waals surface area contributed by atoms with E-state index in [9.17, 15) is 0 Å². The van der Waals surface area contributed by atoms with Gasteiger partial charge in [0.1, 0.15) is 12.4 Å². The summed E-state index contributed by atoms with van der Waals surface area (Å²) in [5, 5.41) is 4.53. The second kappa shape index (κ2) is 7.64. The smallest absolute Gasteiger partial charge is 0.138 e. The lowest BCUT2D eigenvalue weighted by Crippen LogP contribution is -2.22. The van der Waals surface area contributed by atoms with E-state index in [4.69, 9.17) is 27.9 Å². The molecule has 0 fully saturated rings. The van der Waals surface area contributed by atoms with Gasteiger partial charge < -0.3 is 10.1 Å². The molecule has 2 aromatic rings. The van der Waals surface area contributed by atoms with Crippen molar-refractivity contribution in [2.24, 2.45) is 0 Å². The molecule has 0 aliphatic heterocycles. The summed E-state index contributed by atoms with van der Waals surface area (Å²) in [6.45, 7) is 5.27. The Kier molecular flexibility index (Phi) is 5.85. The molecule has 112 valence electrons. The van der Waals surface area contributed by atoms with Gasteiger partial charge in [0.25, 0.3) is 0 Å². The quantitative estimate of drug-likeness (QED) is 0.851. The molecule has 0 atom stereocenters. The molecule has 0 aliphatic carbocycles. The number of rotatable bonds is 6. The number of pyridine rings is 1. The van der Waals surface area contributed by atoms with Crippen molar-refractivity contribution in [2.45, 2.75) is 33.0 Å². The molecule has 0 unspecified atom stereocenters. The van der Waals surface area contributed by atoms with E-state index >= 15 is 0 Å². The van der Waals surface area contributed by atoms with Crippen molar-refractivity contribution in [1.82, 2.24) is 10.3 Å². The summed E-state index contributed by atoms with van der Waals surface area (Å²) >= 11 is 12.2. The van der Waals surface area contributed by atoms with Gasteiger partial charge in [-0.2, -0.15) is 0 Å². The standard InChI is InChI=1S/C16H18Cl2N2O/c1-11(2)19-8-12-6-7-13(9-20-12)21-10-14-15(17)4-3-5-16(14)18/h3-7,9,11,19H,8,10H2,1-2H3. The fourth-order valence-corrected chi connectivity index (χ4v) is 2.24. The molecular weight excluding hydrogens is 307 g/mol. The summed E-state index contributed by atoms with van der Waals surface area (Å²) in [6.07, 6.45) is 1.71. The van der Waals surface area contributed by atoms with Crippen LogP contribution >= 0.6 is 23.2 Å². The molecule has 2 rings (SSSR count). The Morgan fingerprint density at radius 3 is 2.43 bits per heavy atom. The van der Waals surface area contributed by atoms with Gasteiger partial charge in [0.15, 0.2) is 0 Å². The zero-order valence-electron chi connectivity index (χ0n) is 12.1. The van der Waals surface area contributed by atoms with E-state index < -0.39 is 0 Å². The molecular formula is C16H18Cl2N2O. The van der Waals surface area contributed by atoms with E-state index in [0.717, 1.165) is 17.8 Å². The monoisotopic (exact) mass is 324 g/mol. The minimum atomic E-state index is 0.323. The van der Waals surface area contributed by atoms with Crippen LogP contribution in [0.2, 0.25) is 10.0 Å². The maximum absolute atomic E-state index is 6.10. The lowest BCUT2D eigenvalue weighted by atomic mass is 10.2. The number of aromatic nitrogens is 1. The largest absolute Gasteiger partial charge is 0.487 e. The zero-order chi connectivity index (χ0) is 15.2. The second-order valence-corrected chi connectivity index (χ2v) is 5.82. The first-order chi connectivity index (χ1) is 10.1. The first-order valence-electron chi connectivity index (χ1n) is 6.80. The topological polar surface area (TPSA) is 34.1 Å². The Balaban J connectivity index is 1.95. The molecule has 0 saturated carbocycles. The molecule has 1 aromatic carbocycles. The normalized spacial score (nSPS) is 10.9. The van der Waals surface area contributed by atoms with Gasteiger partial charge in [-0.1, -0.05) is 43.1 Å². The number of benzene rings is 1. The van der Waals surface area contributed by atoms with Crippen LogP contribution in [-0.4, -0.2) is 11.0 Å². The molecule has 5 heteroatoms. The maximum atomic E-state index is 6.10. The molecule has 0 amide bonds. The van der Waals surface area contributed by atoms with Crippen molar-refractivity contribution in [3.8, 4) is 5.75 Å². The van der Waals surface area contributed by atoms with E-state index in [1.165, 1.54) is 0 Å². The van der Waals surface area contributed by atoms with E-state index in [-0.39, 0.29) is 0 Å². The average Bonchev–Trinajstić information content (AvgIpc) is 2.46. The predicted molar refractivity (Wildman–Crippen MR) is 87.0 cm³/mol. The van der Waals surface area contributed by atoms with E-state index in [1.807, 2.05) is 18.2 Å². The van der Waals surface area contributed by atoms with Crippen molar-refractivity contribution in [2.75, 3.05) is 0 Å². The molecule has 0 saturated heterocycles. The maximum Gasteiger partial charge on any atom is 0.138 e. The Labute approximate surface area is 135 Å². The van der Waals surface area contributed by atoms with Gasteiger partial charge in [0, 0.05) is 28.2 Å². The van der Waals surface area contributed by atoms with Gasteiger partial charge in [-0.25, -0.2) is 0 Å². The zero-order valence-corrected chi connectivity index (χ0v) is 13.6. The highest BCUT2D eigenvalue weighted by Gasteiger charge is 2.06. The lowest BCUT2D eigenvalue weighted by molar-refractivity contribution is 0.305. The van der Waals surface area contributed by atoms with Crippen molar-refractivity contribution in [1.29, 1.82) is 0 Å². The van der Waals surface area contributed by atoms with Gasteiger partial charge in [-0.05, 0) is 24.3 Å². The van der Waals surface area contributed by atoms with Gasteiger partial charge >= 0.3 is 0 Å². The van der Waals surface area contributed by atoms with Crippen molar-refractivity contribution >= 4 is 23.2 Å². The number of ether oxygens (including phenoxy) is 1. The minimum absolute atomic E-state index is 0.323. The SMILES string of the molecule is CC(C)NCc1ccc(OCc2c(Cl)cccc2Cl)cn1. The van der Waals surface area contributed by atoms with Crippen LogP contribution in [0, 0.1) is 0 Å². The fraction of sp³-hybridized carbons (Fsp3) is 0.312. The summed E-state index contributed by atoms with van der Waals surface area (Å²) in [7, 11) is 0. The number of halogens is 2. The first kappa shape index (κ1) is 16.1. The minimum Gasteiger partial charge on any atom is -0.487 e. The molecule has 1 heterocycles. The highest BCUT2D eigenvalue weighted by Crippen LogP contribution is 2.25. The molecule has 0 bridgehead atoms. The molecule has 3 nitrogen and oxygen atoms in total. The second-order valence-electron chi connectivity index (χ2n) is 5.01. The summed E-state index contributed by atoms with van der Waals surface area (Å²) in [5.74, 6) is 0.694. The fourth-order valence-electron chi connectivity index (χ4n) is 1.74. The molecule has 1 aromatic heterocycles. The molecule has 0 spiro atoms. The Morgan fingerprint density at radius 2 is 1.86 bits per heavy atom. The highest BCUT2D eigenvalue weighted by molar-refractivity contribution is 6.35. The van der Waals surface area contributed by atoms with Gasteiger partial charge in [0.2, 0.25) is 0 Å². The van der Waals surface area contributed by atoms with Crippen LogP contribution in [0.3, 0.4) is 0 Å². The van der Waals surface area contributed by atoms with Gasteiger partial charge in [-0.3, -0.25) is 4.98 Å². The number of nitrogens with one attached hydrogen (secondary N) is 1. The van der Waals surface area contributed by atoms with Crippen LogP contribution in [0.4, 0.5) is 0 Å². The van der Waals surface area contributed by atoms with Gasteiger partial charge in [-0.15, -0.1) is 0 Å². The van der Waals surface area contributed by atoms with E-state index in [2.05, 4.69) is 24.1 Å². The number of nitrogens with zero attached hydrogens (tertiary/aromatic N) is 1. The third kappa shape index (κ3) is 4.88. The average molecular weight is 325 g/mol. The third-order valence-corrected chi connectivity index (χ3v) is 3.64. The summed E-state index contributed by atoms with van der Waals surface area (Å²) < 4.78 is 5.68. The highest BCUT2D eigenvalue weighted by atomic mass is 35.5. The Bertz CT molecular complexity index is 565. The van der Waals surface area contributed by atoms with Crippen LogP contribution in [0.15, 0.2) is 36.5 Å². The molecule has 21 heavy (non-hydrogen) atoms. The molecule has 1 N–H and O–H groups in total. The van der Waals surface area contributed by atoms with Crippen LogP contribution in [0.25, 0.3) is 0 Å².